The fourth-order valence-corrected chi connectivity index (χ4v) is 1.72. The smallest absolute Gasteiger partial charge is 0.258 e. The van der Waals surface area contributed by atoms with Crippen molar-refractivity contribution in [1.82, 2.24) is 15.5 Å². The van der Waals surface area contributed by atoms with Gasteiger partial charge in [0, 0.05) is 12.2 Å². The molecular formula is C13H15N3O2. The standard InChI is InChI=1S/C13H15N3O2/c1-7(2)6-14-12(17)10-5-8(3)15-13-11(10)9(4)16-18-13/h5H,1,6H2,2-4H3,(H,14,17). The maximum absolute atomic E-state index is 12.1. The summed E-state index contributed by atoms with van der Waals surface area (Å²) < 4.78 is 5.09. The Morgan fingerprint density at radius 3 is 2.89 bits per heavy atom. The van der Waals surface area contributed by atoms with E-state index in [0.717, 1.165) is 11.3 Å². The van der Waals surface area contributed by atoms with E-state index in [4.69, 9.17) is 4.52 Å². The molecule has 0 atom stereocenters. The molecule has 0 spiro atoms. The maximum Gasteiger partial charge on any atom is 0.258 e. The Labute approximate surface area is 105 Å². The molecule has 0 unspecified atom stereocenters. The molecule has 94 valence electrons. The van der Waals surface area contributed by atoms with Crippen molar-refractivity contribution >= 4 is 17.0 Å². The molecule has 0 aromatic carbocycles. The third kappa shape index (κ3) is 2.25. The van der Waals surface area contributed by atoms with Gasteiger partial charge in [-0.05, 0) is 26.8 Å². The van der Waals surface area contributed by atoms with Crippen molar-refractivity contribution in [3.8, 4) is 0 Å². The fraction of sp³-hybridized carbons (Fsp3) is 0.308. The molecule has 2 heterocycles. The van der Waals surface area contributed by atoms with Crippen molar-refractivity contribution in [2.75, 3.05) is 6.54 Å². The molecular weight excluding hydrogens is 230 g/mol. The topological polar surface area (TPSA) is 68.0 Å². The number of amides is 1. The number of pyridine rings is 1. The van der Waals surface area contributed by atoms with Gasteiger partial charge in [0.05, 0.1) is 16.6 Å². The van der Waals surface area contributed by atoms with Crippen LogP contribution in [0.5, 0.6) is 0 Å². The van der Waals surface area contributed by atoms with Crippen LogP contribution in [0.3, 0.4) is 0 Å². The lowest BCUT2D eigenvalue weighted by Gasteiger charge is -2.06. The van der Waals surface area contributed by atoms with Gasteiger partial charge in [0.2, 0.25) is 0 Å². The van der Waals surface area contributed by atoms with Gasteiger partial charge >= 0.3 is 0 Å². The number of hydrogen-bond acceptors (Lipinski definition) is 4. The number of hydrogen-bond donors (Lipinski definition) is 1. The number of carbonyl (C=O) groups excluding carboxylic acids is 1. The fourth-order valence-electron chi connectivity index (χ4n) is 1.72. The summed E-state index contributed by atoms with van der Waals surface area (Å²) in [7, 11) is 0. The van der Waals surface area contributed by atoms with Crippen molar-refractivity contribution in [2.24, 2.45) is 0 Å². The minimum absolute atomic E-state index is 0.167. The summed E-state index contributed by atoms with van der Waals surface area (Å²) in [6, 6.07) is 1.74. The predicted molar refractivity (Wildman–Crippen MR) is 68.4 cm³/mol. The highest BCUT2D eigenvalue weighted by Crippen LogP contribution is 2.21. The van der Waals surface area contributed by atoms with Crippen LogP contribution < -0.4 is 5.32 Å². The number of aryl methyl sites for hydroxylation is 2. The molecule has 0 aliphatic carbocycles. The summed E-state index contributed by atoms with van der Waals surface area (Å²) in [5.74, 6) is -0.167. The average Bonchev–Trinajstić information content (AvgIpc) is 2.66. The molecule has 18 heavy (non-hydrogen) atoms. The molecule has 0 aliphatic heterocycles. The molecule has 0 aliphatic rings. The van der Waals surface area contributed by atoms with Crippen molar-refractivity contribution in [3.05, 3.63) is 35.2 Å². The molecule has 2 aromatic rings. The van der Waals surface area contributed by atoms with E-state index in [0.29, 0.717) is 28.9 Å². The summed E-state index contributed by atoms with van der Waals surface area (Å²) in [6.45, 7) is 9.66. The van der Waals surface area contributed by atoms with Crippen LogP contribution in [0.4, 0.5) is 0 Å². The van der Waals surface area contributed by atoms with Gasteiger partial charge < -0.3 is 9.84 Å². The van der Waals surface area contributed by atoms with Crippen LogP contribution in [0.15, 0.2) is 22.7 Å². The van der Waals surface area contributed by atoms with E-state index in [1.165, 1.54) is 0 Å². The van der Waals surface area contributed by atoms with Crippen LogP contribution in [0.1, 0.15) is 28.7 Å². The number of fused-ring (bicyclic) bond motifs is 1. The molecule has 0 radical (unpaired) electrons. The average molecular weight is 245 g/mol. The van der Waals surface area contributed by atoms with Crippen LogP contribution in [0.25, 0.3) is 11.1 Å². The Balaban J connectivity index is 2.45. The lowest BCUT2D eigenvalue weighted by molar-refractivity contribution is 0.0958. The lowest BCUT2D eigenvalue weighted by Crippen LogP contribution is -2.25. The van der Waals surface area contributed by atoms with Gasteiger partial charge in [-0.15, -0.1) is 0 Å². The van der Waals surface area contributed by atoms with Gasteiger partial charge in [0.25, 0.3) is 11.6 Å². The summed E-state index contributed by atoms with van der Waals surface area (Å²) in [6.07, 6.45) is 0. The van der Waals surface area contributed by atoms with E-state index in [9.17, 15) is 4.79 Å². The van der Waals surface area contributed by atoms with Gasteiger partial charge in [-0.1, -0.05) is 17.3 Å². The Hall–Kier alpha value is -2.17. The van der Waals surface area contributed by atoms with Crippen molar-refractivity contribution in [2.45, 2.75) is 20.8 Å². The van der Waals surface area contributed by atoms with E-state index in [1.54, 1.807) is 13.0 Å². The number of aromatic nitrogens is 2. The summed E-state index contributed by atoms with van der Waals surface area (Å²) >= 11 is 0. The minimum atomic E-state index is -0.167. The third-order valence-corrected chi connectivity index (χ3v) is 2.54. The van der Waals surface area contributed by atoms with Crippen LogP contribution in [-0.4, -0.2) is 22.6 Å². The highest BCUT2D eigenvalue weighted by Gasteiger charge is 2.17. The Morgan fingerprint density at radius 1 is 1.50 bits per heavy atom. The highest BCUT2D eigenvalue weighted by molar-refractivity contribution is 6.06. The first-order chi connectivity index (χ1) is 8.49. The van der Waals surface area contributed by atoms with Crippen molar-refractivity contribution < 1.29 is 9.32 Å². The van der Waals surface area contributed by atoms with E-state index < -0.39 is 0 Å². The van der Waals surface area contributed by atoms with Crippen LogP contribution >= 0.6 is 0 Å². The molecule has 0 saturated carbocycles. The van der Waals surface area contributed by atoms with E-state index in [-0.39, 0.29) is 5.91 Å². The second kappa shape index (κ2) is 4.60. The van der Waals surface area contributed by atoms with Gasteiger partial charge in [0.1, 0.15) is 0 Å². The van der Waals surface area contributed by atoms with Gasteiger partial charge in [-0.25, -0.2) is 4.98 Å². The van der Waals surface area contributed by atoms with Gasteiger partial charge in [0.15, 0.2) is 0 Å². The Kier molecular flexibility index (Phi) is 3.14. The first-order valence-corrected chi connectivity index (χ1v) is 5.65. The number of carbonyl (C=O) groups is 1. The molecule has 0 bridgehead atoms. The van der Waals surface area contributed by atoms with E-state index in [2.05, 4.69) is 22.0 Å². The molecule has 0 fully saturated rings. The lowest BCUT2D eigenvalue weighted by atomic mass is 10.1. The molecule has 1 amide bonds. The Morgan fingerprint density at radius 2 is 2.22 bits per heavy atom. The number of rotatable bonds is 3. The molecule has 5 heteroatoms. The van der Waals surface area contributed by atoms with Crippen LogP contribution in [0, 0.1) is 13.8 Å². The monoisotopic (exact) mass is 245 g/mol. The molecule has 2 rings (SSSR count). The summed E-state index contributed by atoms with van der Waals surface area (Å²) in [5, 5.41) is 7.31. The van der Waals surface area contributed by atoms with Crippen LogP contribution in [0.2, 0.25) is 0 Å². The maximum atomic E-state index is 12.1. The molecule has 2 aromatic heterocycles. The molecule has 5 nitrogen and oxygen atoms in total. The zero-order valence-electron chi connectivity index (χ0n) is 10.7. The third-order valence-electron chi connectivity index (χ3n) is 2.54. The number of nitrogens with one attached hydrogen (secondary N) is 1. The van der Waals surface area contributed by atoms with E-state index >= 15 is 0 Å². The summed E-state index contributed by atoms with van der Waals surface area (Å²) in [5.41, 5.74) is 3.22. The number of nitrogens with zero attached hydrogens (tertiary/aromatic N) is 2. The minimum Gasteiger partial charge on any atom is -0.348 e. The quantitative estimate of drug-likeness (QED) is 0.841. The van der Waals surface area contributed by atoms with Gasteiger partial charge in [-0.3, -0.25) is 4.79 Å². The van der Waals surface area contributed by atoms with Crippen molar-refractivity contribution in [1.29, 1.82) is 0 Å². The Bertz CT molecular complexity index is 628. The molecule has 0 saturated heterocycles. The van der Waals surface area contributed by atoms with Crippen LogP contribution in [-0.2, 0) is 0 Å². The zero-order valence-corrected chi connectivity index (χ0v) is 10.7. The first kappa shape index (κ1) is 12.3. The zero-order chi connectivity index (χ0) is 13.3. The molecule has 1 N–H and O–H groups in total. The van der Waals surface area contributed by atoms with Gasteiger partial charge in [-0.2, -0.15) is 0 Å². The highest BCUT2D eigenvalue weighted by atomic mass is 16.5. The van der Waals surface area contributed by atoms with Crippen molar-refractivity contribution in [3.63, 3.8) is 0 Å². The van der Waals surface area contributed by atoms with E-state index in [1.807, 2.05) is 13.8 Å². The largest absolute Gasteiger partial charge is 0.348 e. The first-order valence-electron chi connectivity index (χ1n) is 5.65. The summed E-state index contributed by atoms with van der Waals surface area (Å²) in [4.78, 5) is 16.3. The SMILES string of the molecule is C=C(C)CNC(=O)c1cc(C)nc2onc(C)c12. The predicted octanol–water partition coefficient (Wildman–Crippen LogP) is 2.15. The second-order valence-corrected chi connectivity index (χ2v) is 4.40. The second-order valence-electron chi connectivity index (χ2n) is 4.40. The normalized spacial score (nSPS) is 10.6.